The van der Waals surface area contributed by atoms with Crippen molar-refractivity contribution in [3.63, 3.8) is 0 Å². The van der Waals surface area contributed by atoms with Crippen LogP contribution < -0.4 is 5.73 Å². The number of nitrogens with zero attached hydrogens (tertiary/aromatic N) is 3. The molecule has 0 fully saturated rings. The maximum absolute atomic E-state index is 5.66. The first-order chi connectivity index (χ1) is 7.20. The summed E-state index contributed by atoms with van der Waals surface area (Å²) in [5.74, 6) is 0.397. The fraction of sp³-hybridized carbons (Fsp3) is 0.375. The van der Waals surface area contributed by atoms with Crippen LogP contribution >= 0.6 is 23.6 Å². The lowest BCUT2D eigenvalue weighted by Gasteiger charge is -1.98. The summed E-state index contributed by atoms with van der Waals surface area (Å²) in [7, 11) is 0. The molecule has 0 aliphatic heterocycles. The van der Waals surface area contributed by atoms with Crippen LogP contribution in [-0.4, -0.2) is 19.7 Å². The molecule has 0 amide bonds. The van der Waals surface area contributed by atoms with Crippen LogP contribution in [0, 0.1) is 4.77 Å². The molecule has 5 nitrogen and oxygen atoms in total. The number of anilines is 1. The maximum atomic E-state index is 5.66. The molecule has 0 unspecified atom stereocenters. The SMILES string of the molecule is CCc1cnc(Cn2c(N)n[nH]c2=S)s1. The van der Waals surface area contributed by atoms with E-state index in [9.17, 15) is 0 Å². The van der Waals surface area contributed by atoms with Gasteiger partial charge in [-0.3, -0.25) is 4.57 Å². The molecule has 0 saturated carbocycles. The number of H-pyrrole nitrogens is 1. The highest BCUT2D eigenvalue weighted by atomic mass is 32.1. The third kappa shape index (κ3) is 2.07. The number of hydrogen-bond acceptors (Lipinski definition) is 5. The van der Waals surface area contributed by atoms with E-state index in [1.54, 1.807) is 15.9 Å². The molecule has 0 saturated heterocycles. The smallest absolute Gasteiger partial charge is 0.220 e. The lowest BCUT2D eigenvalue weighted by atomic mass is 10.4. The van der Waals surface area contributed by atoms with Crippen molar-refractivity contribution in [2.45, 2.75) is 19.9 Å². The molecule has 15 heavy (non-hydrogen) atoms. The Hall–Kier alpha value is -1.21. The van der Waals surface area contributed by atoms with E-state index >= 15 is 0 Å². The van der Waals surface area contributed by atoms with E-state index < -0.39 is 0 Å². The molecule has 2 rings (SSSR count). The number of aryl methyl sites for hydroxylation is 1. The van der Waals surface area contributed by atoms with E-state index in [0.29, 0.717) is 17.3 Å². The van der Waals surface area contributed by atoms with Gasteiger partial charge in [0.05, 0.1) is 6.54 Å². The van der Waals surface area contributed by atoms with E-state index in [0.717, 1.165) is 11.4 Å². The zero-order valence-electron chi connectivity index (χ0n) is 8.23. The lowest BCUT2D eigenvalue weighted by molar-refractivity contribution is 0.787. The number of thiazole rings is 1. The van der Waals surface area contributed by atoms with Gasteiger partial charge in [-0.15, -0.1) is 16.4 Å². The van der Waals surface area contributed by atoms with Crippen LogP contribution in [0.1, 0.15) is 16.8 Å². The predicted octanol–water partition coefficient (Wildman–Crippen LogP) is 1.59. The summed E-state index contributed by atoms with van der Waals surface area (Å²) in [4.78, 5) is 5.56. The molecule has 0 aliphatic carbocycles. The first-order valence-electron chi connectivity index (χ1n) is 4.55. The second kappa shape index (κ2) is 4.11. The second-order valence-electron chi connectivity index (χ2n) is 3.05. The van der Waals surface area contributed by atoms with Crippen LogP contribution in [0.2, 0.25) is 0 Å². The molecule has 0 radical (unpaired) electrons. The van der Waals surface area contributed by atoms with Gasteiger partial charge in [0.2, 0.25) is 5.95 Å². The summed E-state index contributed by atoms with van der Waals surface area (Å²) in [6.45, 7) is 2.70. The van der Waals surface area contributed by atoms with Gasteiger partial charge < -0.3 is 5.73 Å². The Labute approximate surface area is 96.0 Å². The molecule has 3 N–H and O–H groups in total. The third-order valence-electron chi connectivity index (χ3n) is 2.03. The van der Waals surface area contributed by atoms with Crippen LogP contribution in [0.3, 0.4) is 0 Å². The van der Waals surface area contributed by atoms with Crippen molar-refractivity contribution in [2.24, 2.45) is 0 Å². The first kappa shape index (κ1) is 10.3. The summed E-state index contributed by atoms with van der Waals surface area (Å²) in [6, 6.07) is 0. The van der Waals surface area contributed by atoms with Gasteiger partial charge in [0.1, 0.15) is 5.01 Å². The Balaban J connectivity index is 2.25. The molecule has 2 aromatic rings. The minimum Gasteiger partial charge on any atom is -0.368 e. The van der Waals surface area contributed by atoms with Crippen LogP contribution in [0.4, 0.5) is 5.95 Å². The molecular weight excluding hydrogens is 230 g/mol. The second-order valence-corrected chi connectivity index (χ2v) is 4.63. The van der Waals surface area contributed by atoms with Gasteiger partial charge >= 0.3 is 0 Å². The average Bonchev–Trinajstić information content (AvgIpc) is 2.80. The highest BCUT2D eigenvalue weighted by molar-refractivity contribution is 7.71. The van der Waals surface area contributed by atoms with Crippen LogP contribution in [-0.2, 0) is 13.0 Å². The van der Waals surface area contributed by atoms with Gasteiger partial charge in [-0.05, 0) is 18.6 Å². The number of aromatic amines is 1. The first-order valence-corrected chi connectivity index (χ1v) is 5.77. The lowest BCUT2D eigenvalue weighted by Crippen LogP contribution is -2.04. The molecule has 0 spiro atoms. The standard InChI is InChI=1S/C8H11N5S2/c1-2-5-3-10-6(15-5)4-13-7(9)11-12-8(13)14/h3H,2,4H2,1H3,(H2,9,11)(H,12,14). The van der Waals surface area contributed by atoms with Gasteiger partial charge in [-0.1, -0.05) is 6.92 Å². The molecule has 0 bridgehead atoms. The molecular formula is C8H11N5S2. The Kier molecular flexibility index (Phi) is 2.83. The number of nitrogen functional groups attached to an aromatic ring is 1. The van der Waals surface area contributed by atoms with Crippen molar-refractivity contribution < 1.29 is 0 Å². The number of aromatic nitrogens is 4. The Bertz CT molecular complexity index is 509. The van der Waals surface area contributed by atoms with Crippen molar-refractivity contribution >= 4 is 29.5 Å². The maximum Gasteiger partial charge on any atom is 0.220 e. The third-order valence-corrected chi connectivity index (χ3v) is 3.47. The number of nitrogens with two attached hydrogens (primary N) is 1. The summed E-state index contributed by atoms with van der Waals surface area (Å²) in [6.07, 6.45) is 2.89. The summed E-state index contributed by atoms with van der Waals surface area (Å²) in [5.41, 5.74) is 5.66. The van der Waals surface area contributed by atoms with E-state index in [4.69, 9.17) is 18.0 Å². The molecule has 7 heteroatoms. The Morgan fingerprint density at radius 1 is 1.67 bits per heavy atom. The fourth-order valence-corrected chi connectivity index (χ4v) is 2.26. The van der Waals surface area contributed by atoms with E-state index in [1.807, 2.05) is 6.20 Å². The molecule has 0 aromatic carbocycles. The summed E-state index contributed by atoms with van der Waals surface area (Å²) < 4.78 is 2.26. The van der Waals surface area contributed by atoms with E-state index in [-0.39, 0.29) is 0 Å². The molecule has 80 valence electrons. The Morgan fingerprint density at radius 3 is 3.00 bits per heavy atom. The van der Waals surface area contributed by atoms with Crippen LogP contribution in [0.5, 0.6) is 0 Å². The number of hydrogen-bond donors (Lipinski definition) is 2. The van der Waals surface area contributed by atoms with E-state index in [2.05, 4.69) is 22.1 Å². The topological polar surface area (TPSA) is 72.5 Å². The minimum absolute atomic E-state index is 0.397. The van der Waals surface area contributed by atoms with Crippen molar-refractivity contribution in [3.05, 3.63) is 20.9 Å². The minimum atomic E-state index is 0.397. The van der Waals surface area contributed by atoms with Crippen molar-refractivity contribution in [2.75, 3.05) is 5.73 Å². The van der Waals surface area contributed by atoms with E-state index in [1.165, 1.54) is 4.88 Å². The monoisotopic (exact) mass is 241 g/mol. The highest BCUT2D eigenvalue weighted by Crippen LogP contribution is 2.15. The predicted molar refractivity (Wildman–Crippen MR) is 62.4 cm³/mol. The molecule has 2 heterocycles. The molecule has 2 aromatic heterocycles. The average molecular weight is 241 g/mol. The van der Waals surface area contributed by atoms with Gasteiger partial charge in [0.25, 0.3) is 0 Å². The Morgan fingerprint density at radius 2 is 2.47 bits per heavy atom. The van der Waals surface area contributed by atoms with Gasteiger partial charge in [0, 0.05) is 11.1 Å². The van der Waals surface area contributed by atoms with Crippen LogP contribution in [0.25, 0.3) is 0 Å². The normalized spacial score (nSPS) is 10.7. The zero-order chi connectivity index (χ0) is 10.8. The van der Waals surface area contributed by atoms with Gasteiger partial charge in [-0.2, -0.15) is 0 Å². The quantitative estimate of drug-likeness (QED) is 0.800. The van der Waals surface area contributed by atoms with Crippen molar-refractivity contribution in [1.82, 2.24) is 19.7 Å². The molecule has 0 atom stereocenters. The van der Waals surface area contributed by atoms with Gasteiger partial charge in [0.15, 0.2) is 4.77 Å². The molecule has 0 aliphatic rings. The van der Waals surface area contributed by atoms with Crippen molar-refractivity contribution in [3.8, 4) is 0 Å². The fourth-order valence-electron chi connectivity index (χ4n) is 1.20. The highest BCUT2D eigenvalue weighted by Gasteiger charge is 2.06. The largest absolute Gasteiger partial charge is 0.368 e. The van der Waals surface area contributed by atoms with Crippen molar-refractivity contribution in [1.29, 1.82) is 0 Å². The number of nitrogens with one attached hydrogen (secondary N) is 1. The van der Waals surface area contributed by atoms with Crippen LogP contribution in [0.15, 0.2) is 6.20 Å². The summed E-state index contributed by atoms with van der Waals surface area (Å²) in [5, 5.41) is 7.48. The number of rotatable bonds is 3. The zero-order valence-corrected chi connectivity index (χ0v) is 9.86. The summed E-state index contributed by atoms with van der Waals surface area (Å²) >= 11 is 6.72. The van der Waals surface area contributed by atoms with Gasteiger partial charge in [-0.25, -0.2) is 10.1 Å².